The van der Waals surface area contributed by atoms with Crippen LogP contribution in [-0.4, -0.2) is 30.4 Å². The maximum Gasteiger partial charge on any atom is 0.335 e. The third kappa shape index (κ3) is 5.99. The summed E-state index contributed by atoms with van der Waals surface area (Å²) in [6.07, 6.45) is 1.35. The minimum absolute atomic E-state index is 0.153. The number of ether oxygens (including phenoxy) is 1. The number of imide groups is 2. The molecule has 1 heterocycles. The lowest BCUT2D eigenvalue weighted by molar-refractivity contribution is -0.122. The second kappa shape index (κ2) is 10.9. The van der Waals surface area contributed by atoms with E-state index in [1.54, 1.807) is 24.3 Å². The van der Waals surface area contributed by atoms with Gasteiger partial charge < -0.3 is 10.1 Å². The summed E-state index contributed by atoms with van der Waals surface area (Å²) in [6.45, 7) is 3.69. The Morgan fingerprint density at radius 3 is 2.38 bits per heavy atom. The van der Waals surface area contributed by atoms with Crippen LogP contribution in [0.5, 0.6) is 5.75 Å². The van der Waals surface area contributed by atoms with Gasteiger partial charge in [-0.3, -0.25) is 19.7 Å². The first-order valence-corrected chi connectivity index (χ1v) is 11.8. The van der Waals surface area contributed by atoms with Crippen molar-refractivity contribution in [3.05, 3.63) is 93.0 Å². The Kier molecular flexibility index (Phi) is 7.61. The van der Waals surface area contributed by atoms with Gasteiger partial charge in [0.25, 0.3) is 17.7 Å². The Morgan fingerprint density at radius 1 is 0.973 bits per heavy atom. The maximum atomic E-state index is 13.0. The van der Waals surface area contributed by atoms with Gasteiger partial charge in [0.15, 0.2) is 6.61 Å². The smallest absolute Gasteiger partial charge is 0.335 e. The lowest BCUT2D eigenvalue weighted by Crippen LogP contribution is -2.54. The fraction of sp³-hybridized carbons (Fsp3) is 0.111. The lowest BCUT2D eigenvalue weighted by atomic mass is 10.1. The van der Waals surface area contributed by atoms with Crippen molar-refractivity contribution in [1.29, 1.82) is 0 Å². The Labute approximate surface area is 222 Å². The molecule has 8 nitrogen and oxygen atoms in total. The van der Waals surface area contributed by atoms with Crippen molar-refractivity contribution in [3.63, 3.8) is 0 Å². The lowest BCUT2D eigenvalue weighted by Gasteiger charge is -2.26. The van der Waals surface area contributed by atoms with E-state index in [1.165, 1.54) is 24.3 Å². The van der Waals surface area contributed by atoms with Gasteiger partial charge in [-0.05, 0) is 67.4 Å². The molecule has 3 aromatic carbocycles. The van der Waals surface area contributed by atoms with E-state index in [4.69, 9.17) is 27.9 Å². The molecule has 0 spiro atoms. The summed E-state index contributed by atoms with van der Waals surface area (Å²) in [7, 11) is 0. The molecule has 0 atom stereocenters. The van der Waals surface area contributed by atoms with Crippen molar-refractivity contribution in [2.45, 2.75) is 13.8 Å². The minimum atomic E-state index is -0.895. The average molecular weight is 538 g/mol. The van der Waals surface area contributed by atoms with Crippen LogP contribution in [0, 0.1) is 13.8 Å². The molecule has 0 radical (unpaired) electrons. The van der Waals surface area contributed by atoms with Gasteiger partial charge in [0, 0.05) is 5.69 Å². The molecule has 0 unspecified atom stereocenters. The van der Waals surface area contributed by atoms with E-state index in [-0.39, 0.29) is 33.8 Å². The van der Waals surface area contributed by atoms with Crippen LogP contribution in [0.1, 0.15) is 16.7 Å². The van der Waals surface area contributed by atoms with Gasteiger partial charge in [0.2, 0.25) is 0 Å². The number of urea groups is 1. The Hall–Kier alpha value is -4.14. The van der Waals surface area contributed by atoms with Crippen LogP contribution >= 0.6 is 23.2 Å². The van der Waals surface area contributed by atoms with Crippen molar-refractivity contribution in [2.24, 2.45) is 0 Å². The molecule has 1 aliphatic rings. The molecule has 5 amide bonds. The number of anilines is 2. The van der Waals surface area contributed by atoms with Crippen molar-refractivity contribution in [2.75, 3.05) is 16.8 Å². The summed E-state index contributed by atoms with van der Waals surface area (Å²) in [4.78, 5) is 50.8. The first-order chi connectivity index (χ1) is 17.6. The van der Waals surface area contributed by atoms with Crippen LogP contribution in [0.15, 0.2) is 66.2 Å². The topological polar surface area (TPSA) is 105 Å². The molecule has 4 rings (SSSR count). The normalized spacial score (nSPS) is 14.5. The number of aryl methyl sites for hydroxylation is 2. The number of carbonyl (C=O) groups is 4. The molecule has 3 aromatic rings. The largest absolute Gasteiger partial charge is 0.484 e. The van der Waals surface area contributed by atoms with Gasteiger partial charge >= 0.3 is 6.03 Å². The minimum Gasteiger partial charge on any atom is -0.484 e. The summed E-state index contributed by atoms with van der Waals surface area (Å²) in [5.41, 5.74) is 3.19. The van der Waals surface area contributed by atoms with Crippen molar-refractivity contribution in [3.8, 4) is 5.75 Å². The zero-order chi connectivity index (χ0) is 26.7. The molecule has 10 heteroatoms. The molecule has 0 aliphatic carbocycles. The van der Waals surface area contributed by atoms with Crippen LogP contribution in [0.25, 0.3) is 6.08 Å². The highest BCUT2D eigenvalue weighted by atomic mass is 35.5. The third-order valence-corrected chi connectivity index (χ3v) is 6.22. The number of hydrogen-bond acceptors (Lipinski definition) is 5. The monoisotopic (exact) mass is 537 g/mol. The highest BCUT2D eigenvalue weighted by Crippen LogP contribution is 2.29. The van der Waals surface area contributed by atoms with Crippen LogP contribution in [0.2, 0.25) is 10.0 Å². The third-order valence-electron chi connectivity index (χ3n) is 5.48. The van der Waals surface area contributed by atoms with Crippen molar-refractivity contribution < 1.29 is 23.9 Å². The number of halogens is 2. The molecule has 0 bridgehead atoms. The number of nitrogens with one attached hydrogen (secondary N) is 2. The number of amides is 5. The van der Waals surface area contributed by atoms with Crippen molar-refractivity contribution in [1.82, 2.24) is 5.32 Å². The van der Waals surface area contributed by atoms with E-state index in [1.807, 2.05) is 32.0 Å². The summed E-state index contributed by atoms with van der Waals surface area (Å²) in [5.74, 6) is -1.52. The van der Waals surface area contributed by atoms with E-state index in [2.05, 4.69) is 10.6 Å². The summed E-state index contributed by atoms with van der Waals surface area (Å²) < 4.78 is 5.55. The Morgan fingerprint density at radius 2 is 1.70 bits per heavy atom. The van der Waals surface area contributed by atoms with Gasteiger partial charge in [0.05, 0.1) is 15.7 Å². The summed E-state index contributed by atoms with van der Waals surface area (Å²) in [5, 5.41) is 5.36. The van der Waals surface area contributed by atoms with E-state index in [0.717, 1.165) is 16.0 Å². The molecule has 188 valence electrons. The van der Waals surface area contributed by atoms with E-state index in [0.29, 0.717) is 17.0 Å². The number of rotatable bonds is 6. The SMILES string of the molecule is Cc1ccc(NC(=O)COc2ccc(/C=C3/C(=O)NC(=O)N(c4ccc(Cl)c(Cl)c4)C3=O)cc2)c(C)c1. The second-order valence-electron chi connectivity index (χ2n) is 8.28. The highest BCUT2D eigenvalue weighted by Gasteiger charge is 2.37. The van der Waals surface area contributed by atoms with Crippen LogP contribution in [0.3, 0.4) is 0 Å². The molecule has 1 saturated heterocycles. The molecule has 2 N–H and O–H groups in total. The fourth-order valence-electron chi connectivity index (χ4n) is 3.63. The average Bonchev–Trinajstić information content (AvgIpc) is 2.85. The Bertz CT molecular complexity index is 1450. The number of hydrogen-bond donors (Lipinski definition) is 2. The zero-order valence-corrected chi connectivity index (χ0v) is 21.3. The van der Waals surface area contributed by atoms with E-state index in [9.17, 15) is 19.2 Å². The first kappa shape index (κ1) is 25.9. The van der Waals surface area contributed by atoms with E-state index < -0.39 is 17.8 Å². The number of nitrogens with zero attached hydrogens (tertiary/aromatic N) is 1. The quantitative estimate of drug-likeness (QED) is 0.328. The van der Waals surface area contributed by atoms with Gasteiger partial charge in [-0.1, -0.05) is 53.0 Å². The summed E-state index contributed by atoms with van der Waals surface area (Å²) >= 11 is 11.9. The van der Waals surface area contributed by atoms with Crippen LogP contribution in [0.4, 0.5) is 16.2 Å². The molecule has 37 heavy (non-hydrogen) atoms. The van der Waals surface area contributed by atoms with Crippen LogP contribution in [-0.2, 0) is 14.4 Å². The Balaban J connectivity index is 1.44. The first-order valence-electron chi connectivity index (χ1n) is 11.1. The van der Waals surface area contributed by atoms with Gasteiger partial charge in [0.1, 0.15) is 11.3 Å². The van der Waals surface area contributed by atoms with Gasteiger partial charge in [-0.15, -0.1) is 0 Å². The predicted molar refractivity (Wildman–Crippen MR) is 142 cm³/mol. The molecule has 1 fully saturated rings. The standard InChI is InChI=1S/C27H21Cl2N3O5/c1-15-3-10-23(16(2)11-15)30-24(33)14-37-19-7-4-17(5-8-19)12-20-25(34)31-27(36)32(26(20)35)18-6-9-21(28)22(29)13-18/h3-13H,14H2,1-2H3,(H,30,33)(H,31,34,36)/b20-12-. The second-order valence-corrected chi connectivity index (χ2v) is 9.09. The molecule has 0 aromatic heterocycles. The number of barbiturate groups is 1. The van der Waals surface area contributed by atoms with Crippen LogP contribution < -0.4 is 20.3 Å². The molecule has 0 saturated carbocycles. The van der Waals surface area contributed by atoms with Crippen molar-refractivity contribution >= 4 is 64.4 Å². The molecular weight excluding hydrogens is 517 g/mol. The fourth-order valence-corrected chi connectivity index (χ4v) is 3.92. The number of benzene rings is 3. The molecule has 1 aliphatic heterocycles. The predicted octanol–water partition coefficient (Wildman–Crippen LogP) is 5.29. The molecular formula is C27H21Cl2N3O5. The maximum absolute atomic E-state index is 13.0. The van der Waals surface area contributed by atoms with Gasteiger partial charge in [-0.25, -0.2) is 9.69 Å². The highest BCUT2D eigenvalue weighted by molar-refractivity contribution is 6.43. The zero-order valence-electron chi connectivity index (χ0n) is 19.8. The summed E-state index contributed by atoms with van der Waals surface area (Å²) in [6, 6.07) is 15.5. The number of carbonyl (C=O) groups excluding carboxylic acids is 4. The van der Waals surface area contributed by atoms with E-state index >= 15 is 0 Å². The van der Waals surface area contributed by atoms with Gasteiger partial charge in [-0.2, -0.15) is 0 Å².